The molecular weight excluding hydrogens is 387 g/mol. The number of H-pyrrole nitrogens is 1. The minimum absolute atomic E-state index is 0.142. The number of halogens is 2. The smallest absolute Gasteiger partial charge is 0.292 e. The zero-order valence-electron chi connectivity index (χ0n) is 15.1. The Morgan fingerprint density at radius 3 is 2.70 bits per heavy atom. The Morgan fingerprint density at radius 1 is 1.33 bits per heavy atom. The van der Waals surface area contributed by atoms with Crippen LogP contribution in [0.15, 0.2) is 18.5 Å². The molecule has 0 saturated carbocycles. The molecule has 1 aliphatic heterocycles. The van der Waals surface area contributed by atoms with Gasteiger partial charge in [-0.15, -0.1) is 0 Å². The minimum Gasteiger partial charge on any atom is -0.494 e. The summed E-state index contributed by atoms with van der Waals surface area (Å²) < 4.78 is 5.06. The van der Waals surface area contributed by atoms with Crippen LogP contribution in [0, 0.1) is 6.92 Å². The first kappa shape index (κ1) is 18.1. The van der Waals surface area contributed by atoms with Gasteiger partial charge in [-0.1, -0.05) is 23.2 Å². The maximum absolute atomic E-state index is 13.0. The zero-order valence-corrected chi connectivity index (χ0v) is 16.6. The van der Waals surface area contributed by atoms with E-state index in [-0.39, 0.29) is 17.8 Å². The van der Waals surface area contributed by atoms with Crippen molar-refractivity contribution >= 4 is 40.0 Å². The second kappa shape index (κ2) is 6.69. The summed E-state index contributed by atoms with van der Waals surface area (Å²) >= 11 is 12.6. The van der Waals surface area contributed by atoms with Crippen LogP contribution in [0.3, 0.4) is 0 Å². The average Bonchev–Trinajstić information content (AvgIpc) is 3.07. The number of nitrogens with zero attached hydrogens (tertiary/aromatic N) is 3. The number of fused-ring (bicyclic) bond motifs is 3. The zero-order chi connectivity index (χ0) is 19.3. The molecule has 1 N–H and O–H groups in total. The molecule has 8 heteroatoms. The normalized spacial score (nSPS) is 16.5. The molecule has 3 heterocycles. The molecule has 0 fully saturated rings. The van der Waals surface area contributed by atoms with Gasteiger partial charge in [0.05, 0.1) is 41.1 Å². The number of ether oxygens (including phenoxy) is 1. The Bertz CT molecular complexity index is 1050. The van der Waals surface area contributed by atoms with E-state index in [0.29, 0.717) is 28.8 Å². The lowest BCUT2D eigenvalue weighted by Gasteiger charge is -2.33. The predicted molar refractivity (Wildman–Crippen MR) is 105 cm³/mol. The van der Waals surface area contributed by atoms with Crippen molar-refractivity contribution in [2.75, 3.05) is 13.7 Å². The number of nitrogens with one attached hydrogen (secondary N) is 1. The summed E-state index contributed by atoms with van der Waals surface area (Å²) in [5.41, 5.74) is 4.02. The van der Waals surface area contributed by atoms with Crippen LogP contribution in [0.5, 0.6) is 5.75 Å². The molecule has 4 rings (SSSR count). The Balaban J connectivity index is 1.76. The van der Waals surface area contributed by atoms with Crippen LogP contribution in [-0.2, 0) is 6.42 Å². The van der Waals surface area contributed by atoms with E-state index in [2.05, 4.69) is 15.0 Å². The second-order valence-electron chi connectivity index (χ2n) is 6.63. The van der Waals surface area contributed by atoms with E-state index in [1.807, 2.05) is 19.9 Å². The number of aromatic amines is 1. The van der Waals surface area contributed by atoms with Crippen molar-refractivity contribution in [3.8, 4) is 5.75 Å². The first-order valence-corrected chi connectivity index (χ1v) is 9.34. The second-order valence-corrected chi connectivity index (χ2v) is 7.41. The van der Waals surface area contributed by atoms with E-state index in [9.17, 15) is 4.79 Å². The first-order valence-electron chi connectivity index (χ1n) is 8.58. The fourth-order valence-electron chi connectivity index (χ4n) is 3.76. The Kier molecular flexibility index (Phi) is 4.48. The maximum Gasteiger partial charge on any atom is 0.292 e. The topological polar surface area (TPSA) is 71.1 Å². The van der Waals surface area contributed by atoms with Crippen LogP contribution in [0.1, 0.15) is 40.4 Å². The van der Waals surface area contributed by atoms with Crippen molar-refractivity contribution in [2.45, 2.75) is 26.3 Å². The Morgan fingerprint density at radius 2 is 2.04 bits per heavy atom. The average molecular weight is 405 g/mol. The summed E-state index contributed by atoms with van der Waals surface area (Å²) in [6.07, 6.45) is 3.69. The minimum atomic E-state index is -0.206. The number of hydrogen-bond acceptors (Lipinski definition) is 4. The van der Waals surface area contributed by atoms with Crippen LogP contribution in [0.25, 0.3) is 10.9 Å². The third kappa shape index (κ3) is 2.84. The summed E-state index contributed by atoms with van der Waals surface area (Å²) in [6.45, 7) is 4.58. The predicted octanol–water partition coefficient (Wildman–Crippen LogP) is 4.34. The number of amides is 1. The van der Waals surface area contributed by atoms with E-state index >= 15 is 0 Å². The van der Waals surface area contributed by atoms with E-state index in [1.54, 1.807) is 4.90 Å². The number of carbonyl (C=O) groups is 1. The molecule has 0 saturated heterocycles. The van der Waals surface area contributed by atoms with Gasteiger partial charge >= 0.3 is 0 Å². The van der Waals surface area contributed by atoms with Gasteiger partial charge in [0.25, 0.3) is 5.91 Å². The number of rotatable bonds is 2. The highest BCUT2D eigenvalue weighted by Gasteiger charge is 2.33. The third-order valence-corrected chi connectivity index (χ3v) is 5.88. The highest BCUT2D eigenvalue weighted by molar-refractivity contribution is 6.45. The lowest BCUT2D eigenvalue weighted by molar-refractivity contribution is 0.0665. The van der Waals surface area contributed by atoms with Crippen molar-refractivity contribution in [3.05, 3.63) is 51.2 Å². The molecular formula is C19H18Cl2N4O2. The molecule has 0 unspecified atom stereocenters. The van der Waals surface area contributed by atoms with Crippen molar-refractivity contribution in [2.24, 2.45) is 0 Å². The number of hydrogen-bond donors (Lipinski definition) is 1. The van der Waals surface area contributed by atoms with Gasteiger partial charge in [0.1, 0.15) is 0 Å². The standard InChI is InChI=1S/C19H18Cl2N4O2/c1-9-6-12(20)16(21)17-14(9)15-10(2)25(5-4-13(15)24-17)19(26)18-22-7-11(27-3)8-23-18/h6-8,10,24H,4-5H2,1-3H3/t10-/m1/s1. The molecule has 2 aromatic heterocycles. The molecule has 27 heavy (non-hydrogen) atoms. The lowest BCUT2D eigenvalue weighted by atomic mass is 9.95. The van der Waals surface area contributed by atoms with Crippen molar-refractivity contribution in [1.82, 2.24) is 19.9 Å². The first-order chi connectivity index (χ1) is 12.9. The molecule has 1 aliphatic rings. The van der Waals surface area contributed by atoms with Gasteiger partial charge in [-0.3, -0.25) is 4.79 Å². The van der Waals surface area contributed by atoms with Gasteiger partial charge < -0.3 is 14.6 Å². The van der Waals surface area contributed by atoms with E-state index in [0.717, 1.165) is 27.7 Å². The van der Waals surface area contributed by atoms with Crippen molar-refractivity contribution in [1.29, 1.82) is 0 Å². The molecule has 3 aromatic rings. The van der Waals surface area contributed by atoms with Crippen LogP contribution >= 0.6 is 23.2 Å². The van der Waals surface area contributed by atoms with Gasteiger partial charge in [0, 0.05) is 29.6 Å². The van der Waals surface area contributed by atoms with E-state index in [4.69, 9.17) is 27.9 Å². The molecule has 0 bridgehead atoms. The number of methoxy groups -OCH3 is 1. The highest BCUT2D eigenvalue weighted by Crippen LogP contribution is 2.42. The molecule has 1 atom stereocenters. The van der Waals surface area contributed by atoms with Crippen LogP contribution < -0.4 is 4.74 Å². The summed E-state index contributed by atoms with van der Waals surface area (Å²) in [4.78, 5) is 26.5. The van der Waals surface area contributed by atoms with Crippen molar-refractivity contribution < 1.29 is 9.53 Å². The van der Waals surface area contributed by atoms with Gasteiger partial charge in [-0.2, -0.15) is 0 Å². The monoisotopic (exact) mass is 404 g/mol. The fraction of sp³-hybridized carbons (Fsp3) is 0.316. The fourth-order valence-corrected chi connectivity index (χ4v) is 4.22. The van der Waals surface area contributed by atoms with Crippen LogP contribution in [0.4, 0.5) is 0 Å². The van der Waals surface area contributed by atoms with Crippen LogP contribution in [0.2, 0.25) is 10.0 Å². The number of benzene rings is 1. The van der Waals surface area contributed by atoms with E-state index < -0.39 is 0 Å². The third-order valence-electron chi connectivity index (χ3n) is 5.09. The SMILES string of the molecule is COc1cnc(C(=O)N2CCc3[nH]c4c(Cl)c(Cl)cc(C)c4c3[C@H]2C)nc1. The van der Waals surface area contributed by atoms with Crippen LogP contribution in [-0.4, -0.2) is 39.4 Å². The Hall–Kier alpha value is -2.31. The number of carbonyl (C=O) groups excluding carboxylic acids is 1. The number of aryl methyl sites for hydroxylation is 1. The molecule has 0 spiro atoms. The molecule has 6 nitrogen and oxygen atoms in total. The van der Waals surface area contributed by atoms with Crippen molar-refractivity contribution in [3.63, 3.8) is 0 Å². The summed E-state index contributed by atoms with van der Waals surface area (Å²) in [5.74, 6) is 0.464. The highest BCUT2D eigenvalue weighted by atomic mass is 35.5. The van der Waals surface area contributed by atoms with Gasteiger partial charge in [-0.05, 0) is 25.5 Å². The summed E-state index contributed by atoms with van der Waals surface area (Å²) in [7, 11) is 1.53. The van der Waals surface area contributed by atoms with Gasteiger partial charge in [0.15, 0.2) is 5.75 Å². The number of aromatic nitrogens is 3. The largest absolute Gasteiger partial charge is 0.494 e. The molecule has 140 valence electrons. The molecule has 0 aliphatic carbocycles. The maximum atomic E-state index is 13.0. The quantitative estimate of drug-likeness (QED) is 0.689. The summed E-state index contributed by atoms with van der Waals surface area (Å²) in [5, 5.41) is 2.06. The summed E-state index contributed by atoms with van der Waals surface area (Å²) in [6, 6.07) is 1.72. The molecule has 1 amide bonds. The van der Waals surface area contributed by atoms with Gasteiger partial charge in [-0.25, -0.2) is 9.97 Å². The molecule has 0 radical (unpaired) electrons. The van der Waals surface area contributed by atoms with Gasteiger partial charge in [0.2, 0.25) is 5.82 Å². The Labute approximate surface area is 166 Å². The lowest BCUT2D eigenvalue weighted by Crippen LogP contribution is -2.39. The molecule has 1 aromatic carbocycles. The van der Waals surface area contributed by atoms with E-state index in [1.165, 1.54) is 19.5 Å².